The molecule has 0 heterocycles. The van der Waals surface area contributed by atoms with Crippen molar-refractivity contribution in [1.82, 2.24) is 0 Å². The Morgan fingerprint density at radius 1 is 1.29 bits per heavy atom. The van der Waals surface area contributed by atoms with Crippen molar-refractivity contribution in [3.05, 3.63) is 35.9 Å². The summed E-state index contributed by atoms with van der Waals surface area (Å²) in [4.78, 5) is 11.5. The van der Waals surface area contributed by atoms with E-state index in [1.165, 1.54) is 6.26 Å². The predicted octanol–water partition coefficient (Wildman–Crippen LogP) is 2.85. The summed E-state index contributed by atoms with van der Waals surface area (Å²) in [6.45, 7) is 0. The average molecular weight is 310 g/mol. The third-order valence-corrected chi connectivity index (χ3v) is 6.05. The number of benzene rings is 1. The molecule has 1 aliphatic carbocycles. The molecule has 4 nitrogen and oxygen atoms in total. The number of rotatable bonds is 5. The van der Waals surface area contributed by atoms with Crippen molar-refractivity contribution in [1.29, 1.82) is 0 Å². The Balaban J connectivity index is 2.09. The summed E-state index contributed by atoms with van der Waals surface area (Å²) in [7, 11) is -3.03. The first-order valence-corrected chi connectivity index (χ1v) is 9.30. The standard InChI is InChI=1S/C16H22O4S/c1-21(19,20)14-9-5-6-12(10-14)11-15(16(17)18)13-7-3-2-4-8-13/h2-4,7-8,12,14-15H,5-6,9-11H2,1H3,(H,17,18). The van der Waals surface area contributed by atoms with Crippen LogP contribution in [0.15, 0.2) is 30.3 Å². The molecule has 1 aromatic rings. The Morgan fingerprint density at radius 3 is 2.52 bits per heavy atom. The SMILES string of the molecule is CS(=O)(=O)C1CCCC(CC(C(=O)O)c2ccccc2)C1. The van der Waals surface area contributed by atoms with E-state index < -0.39 is 21.7 Å². The van der Waals surface area contributed by atoms with Gasteiger partial charge < -0.3 is 5.11 Å². The van der Waals surface area contributed by atoms with Gasteiger partial charge in [0.15, 0.2) is 0 Å². The zero-order valence-electron chi connectivity index (χ0n) is 12.2. The summed E-state index contributed by atoms with van der Waals surface area (Å²) in [5, 5.41) is 9.16. The second kappa shape index (κ2) is 6.60. The van der Waals surface area contributed by atoms with Crippen molar-refractivity contribution in [2.24, 2.45) is 5.92 Å². The van der Waals surface area contributed by atoms with Gasteiger partial charge in [0.05, 0.1) is 11.2 Å². The van der Waals surface area contributed by atoms with E-state index in [2.05, 4.69) is 0 Å². The van der Waals surface area contributed by atoms with Gasteiger partial charge >= 0.3 is 5.97 Å². The van der Waals surface area contributed by atoms with Gasteiger partial charge in [-0.05, 0) is 30.7 Å². The molecule has 116 valence electrons. The quantitative estimate of drug-likeness (QED) is 0.907. The summed E-state index contributed by atoms with van der Waals surface area (Å²) < 4.78 is 23.4. The van der Waals surface area contributed by atoms with Crippen LogP contribution >= 0.6 is 0 Å². The Morgan fingerprint density at radius 2 is 1.95 bits per heavy atom. The van der Waals surface area contributed by atoms with E-state index >= 15 is 0 Å². The van der Waals surface area contributed by atoms with Gasteiger partial charge in [0.2, 0.25) is 0 Å². The first-order valence-electron chi connectivity index (χ1n) is 7.34. The minimum absolute atomic E-state index is 0.166. The summed E-state index contributed by atoms with van der Waals surface area (Å²) in [6, 6.07) is 9.20. The fourth-order valence-electron chi connectivity index (χ4n) is 3.24. The molecule has 5 heteroatoms. The number of carboxylic acid groups (broad SMARTS) is 1. The number of aliphatic carboxylic acids is 1. The second-order valence-corrected chi connectivity index (χ2v) is 8.35. The lowest BCUT2D eigenvalue weighted by atomic mass is 9.80. The topological polar surface area (TPSA) is 71.4 Å². The summed E-state index contributed by atoms with van der Waals surface area (Å²) in [5.74, 6) is -1.21. The number of hydrogen-bond donors (Lipinski definition) is 1. The zero-order chi connectivity index (χ0) is 15.5. The molecule has 1 aliphatic rings. The molecule has 0 aliphatic heterocycles. The number of hydrogen-bond acceptors (Lipinski definition) is 3. The highest BCUT2D eigenvalue weighted by Gasteiger charge is 2.32. The summed E-state index contributed by atoms with van der Waals surface area (Å²) in [5.41, 5.74) is 0.798. The van der Waals surface area contributed by atoms with E-state index in [0.29, 0.717) is 19.3 Å². The molecule has 0 bridgehead atoms. The van der Waals surface area contributed by atoms with E-state index in [0.717, 1.165) is 18.4 Å². The van der Waals surface area contributed by atoms with Crippen LogP contribution in [-0.4, -0.2) is 31.0 Å². The van der Waals surface area contributed by atoms with E-state index in [1.807, 2.05) is 30.3 Å². The normalized spacial score (nSPS) is 24.4. The van der Waals surface area contributed by atoms with Crippen LogP contribution < -0.4 is 0 Å². The molecular weight excluding hydrogens is 288 g/mol. The molecule has 1 saturated carbocycles. The Bertz CT molecular complexity index is 580. The van der Waals surface area contributed by atoms with Gasteiger partial charge in [-0.1, -0.05) is 43.2 Å². The van der Waals surface area contributed by atoms with Crippen LogP contribution in [0, 0.1) is 5.92 Å². The monoisotopic (exact) mass is 310 g/mol. The fourth-order valence-corrected chi connectivity index (χ4v) is 4.46. The lowest BCUT2D eigenvalue weighted by Crippen LogP contribution is -2.29. The van der Waals surface area contributed by atoms with E-state index in [-0.39, 0.29) is 11.2 Å². The summed E-state index contributed by atoms with van der Waals surface area (Å²) in [6.07, 6.45) is 4.89. The smallest absolute Gasteiger partial charge is 0.310 e. The van der Waals surface area contributed by atoms with Crippen molar-refractivity contribution in [2.75, 3.05) is 6.26 Å². The van der Waals surface area contributed by atoms with Crippen LogP contribution in [0.25, 0.3) is 0 Å². The Kier molecular flexibility index (Phi) is 5.04. The maximum atomic E-state index is 11.7. The van der Waals surface area contributed by atoms with Crippen LogP contribution in [0.3, 0.4) is 0 Å². The fraction of sp³-hybridized carbons (Fsp3) is 0.562. The molecule has 0 radical (unpaired) electrons. The first-order chi connectivity index (χ1) is 9.88. The van der Waals surface area contributed by atoms with Crippen LogP contribution in [0.2, 0.25) is 0 Å². The van der Waals surface area contributed by atoms with Gasteiger partial charge in [0.25, 0.3) is 0 Å². The minimum Gasteiger partial charge on any atom is -0.481 e. The number of carbonyl (C=O) groups is 1. The second-order valence-electron chi connectivity index (χ2n) is 6.02. The van der Waals surface area contributed by atoms with E-state index in [9.17, 15) is 18.3 Å². The molecule has 0 spiro atoms. The lowest BCUT2D eigenvalue weighted by Gasteiger charge is -2.29. The van der Waals surface area contributed by atoms with Crippen molar-refractivity contribution in [3.8, 4) is 0 Å². The van der Waals surface area contributed by atoms with E-state index in [1.54, 1.807) is 0 Å². The highest BCUT2D eigenvalue weighted by molar-refractivity contribution is 7.91. The predicted molar refractivity (Wildman–Crippen MR) is 82.0 cm³/mol. The third kappa shape index (κ3) is 4.30. The molecule has 21 heavy (non-hydrogen) atoms. The van der Waals surface area contributed by atoms with Crippen molar-refractivity contribution in [3.63, 3.8) is 0 Å². The molecule has 0 saturated heterocycles. The van der Waals surface area contributed by atoms with Crippen LogP contribution in [-0.2, 0) is 14.6 Å². The summed E-state index contributed by atoms with van der Waals surface area (Å²) >= 11 is 0. The molecule has 2 rings (SSSR count). The molecule has 1 N–H and O–H groups in total. The molecular formula is C16H22O4S. The zero-order valence-corrected chi connectivity index (χ0v) is 13.1. The largest absolute Gasteiger partial charge is 0.481 e. The number of sulfone groups is 1. The van der Waals surface area contributed by atoms with Gasteiger partial charge in [-0.25, -0.2) is 8.42 Å². The lowest BCUT2D eigenvalue weighted by molar-refractivity contribution is -0.139. The van der Waals surface area contributed by atoms with Crippen molar-refractivity contribution >= 4 is 15.8 Å². The van der Waals surface area contributed by atoms with Crippen LogP contribution in [0.5, 0.6) is 0 Å². The molecule has 3 unspecified atom stereocenters. The highest BCUT2D eigenvalue weighted by atomic mass is 32.2. The van der Waals surface area contributed by atoms with Gasteiger partial charge in [-0.15, -0.1) is 0 Å². The van der Waals surface area contributed by atoms with Crippen molar-refractivity contribution in [2.45, 2.75) is 43.3 Å². The average Bonchev–Trinajstić information content (AvgIpc) is 2.45. The molecule has 1 fully saturated rings. The third-order valence-electron chi connectivity index (χ3n) is 4.41. The van der Waals surface area contributed by atoms with Crippen molar-refractivity contribution < 1.29 is 18.3 Å². The first kappa shape index (κ1) is 16.0. The molecule has 3 atom stereocenters. The minimum atomic E-state index is -3.03. The van der Waals surface area contributed by atoms with E-state index in [4.69, 9.17) is 0 Å². The van der Waals surface area contributed by atoms with Crippen LogP contribution in [0.4, 0.5) is 0 Å². The molecule has 0 amide bonds. The maximum absolute atomic E-state index is 11.7. The van der Waals surface area contributed by atoms with Gasteiger partial charge in [-0.2, -0.15) is 0 Å². The van der Waals surface area contributed by atoms with Crippen LogP contribution in [0.1, 0.15) is 43.6 Å². The van der Waals surface area contributed by atoms with Gasteiger partial charge in [0, 0.05) is 6.26 Å². The van der Waals surface area contributed by atoms with Gasteiger partial charge in [-0.3, -0.25) is 4.79 Å². The Hall–Kier alpha value is -1.36. The maximum Gasteiger partial charge on any atom is 0.310 e. The highest BCUT2D eigenvalue weighted by Crippen LogP contribution is 2.35. The molecule has 1 aromatic carbocycles. The number of carboxylic acids is 1. The van der Waals surface area contributed by atoms with Gasteiger partial charge in [0.1, 0.15) is 9.84 Å². The Labute approximate surface area is 126 Å². The molecule has 0 aromatic heterocycles.